The van der Waals surface area contributed by atoms with Gasteiger partial charge in [-0.3, -0.25) is 4.98 Å². The van der Waals surface area contributed by atoms with Crippen LogP contribution in [0, 0.1) is 13.8 Å². The number of para-hydroxylation sites is 1. The standard InChI is InChI=1S/C24H21N3O3S/c1-16-7-5-8-17(2)23(16)29-14-22(28)30-19-10-6-9-18(13-19)26-24-27-21(15-31-24)20-11-3-4-12-25-20/h3-13,15H,14H2,1-2H3,(H,26,27). The van der Waals surface area contributed by atoms with Crippen molar-refractivity contribution in [1.82, 2.24) is 9.97 Å². The normalized spacial score (nSPS) is 10.5. The predicted molar refractivity (Wildman–Crippen MR) is 122 cm³/mol. The second kappa shape index (κ2) is 9.40. The van der Waals surface area contributed by atoms with Crippen LogP contribution in [0.2, 0.25) is 0 Å². The van der Waals surface area contributed by atoms with E-state index in [1.807, 2.05) is 67.8 Å². The van der Waals surface area contributed by atoms with E-state index in [0.717, 1.165) is 33.3 Å². The summed E-state index contributed by atoms with van der Waals surface area (Å²) in [7, 11) is 0. The Bertz CT molecular complexity index is 1170. The lowest BCUT2D eigenvalue weighted by Crippen LogP contribution is -2.18. The van der Waals surface area contributed by atoms with Crippen molar-refractivity contribution >= 4 is 28.1 Å². The fraction of sp³-hybridized carbons (Fsp3) is 0.125. The maximum Gasteiger partial charge on any atom is 0.349 e. The molecule has 0 unspecified atom stereocenters. The molecule has 2 aromatic carbocycles. The smallest absolute Gasteiger partial charge is 0.349 e. The van der Waals surface area contributed by atoms with E-state index in [0.29, 0.717) is 11.5 Å². The van der Waals surface area contributed by atoms with Gasteiger partial charge in [0.1, 0.15) is 17.2 Å². The number of nitrogens with one attached hydrogen (secondary N) is 1. The van der Waals surface area contributed by atoms with Crippen LogP contribution in [0.3, 0.4) is 0 Å². The number of carbonyl (C=O) groups is 1. The van der Waals surface area contributed by atoms with Gasteiger partial charge in [0.15, 0.2) is 11.7 Å². The lowest BCUT2D eigenvalue weighted by Gasteiger charge is -2.12. The fourth-order valence-electron chi connectivity index (χ4n) is 3.04. The number of ether oxygens (including phenoxy) is 2. The van der Waals surface area contributed by atoms with E-state index in [-0.39, 0.29) is 6.61 Å². The molecule has 31 heavy (non-hydrogen) atoms. The van der Waals surface area contributed by atoms with Gasteiger partial charge in [0.25, 0.3) is 0 Å². The van der Waals surface area contributed by atoms with Gasteiger partial charge >= 0.3 is 5.97 Å². The lowest BCUT2D eigenvalue weighted by molar-refractivity contribution is -0.136. The number of aromatic nitrogens is 2. The molecular weight excluding hydrogens is 410 g/mol. The molecule has 2 heterocycles. The number of benzene rings is 2. The average molecular weight is 432 g/mol. The Hall–Kier alpha value is -3.71. The Morgan fingerprint density at radius 2 is 1.81 bits per heavy atom. The topological polar surface area (TPSA) is 73.3 Å². The first kappa shape index (κ1) is 20.6. The van der Waals surface area contributed by atoms with Crippen molar-refractivity contribution in [3.8, 4) is 22.9 Å². The zero-order valence-corrected chi connectivity index (χ0v) is 18.0. The second-order valence-electron chi connectivity index (χ2n) is 6.89. The largest absolute Gasteiger partial charge is 0.481 e. The fourth-order valence-corrected chi connectivity index (χ4v) is 3.77. The SMILES string of the molecule is Cc1cccc(C)c1OCC(=O)Oc1cccc(Nc2nc(-c3ccccn3)cs2)c1. The summed E-state index contributed by atoms with van der Waals surface area (Å²) < 4.78 is 11.1. The Morgan fingerprint density at radius 3 is 2.58 bits per heavy atom. The minimum Gasteiger partial charge on any atom is -0.481 e. The maximum atomic E-state index is 12.3. The molecule has 0 aliphatic carbocycles. The molecule has 0 amide bonds. The number of hydrogen-bond donors (Lipinski definition) is 1. The Balaban J connectivity index is 1.37. The molecule has 4 rings (SSSR count). The molecule has 0 fully saturated rings. The third kappa shape index (κ3) is 5.26. The van der Waals surface area contributed by atoms with E-state index in [1.165, 1.54) is 11.3 Å². The van der Waals surface area contributed by atoms with E-state index >= 15 is 0 Å². The molecule has 2 aromatic heterocycles. The number of hydrogen-bond acceptors (Lipinski definition) is 7. The first-order valence-corrected chi connectivity index (χ1v) is 10.6. The van der Waals surface area contributed by atoms with Gasteiger partial charge in [-0.1, -0.05) is 30.3 Å². The van der Waals surface area contributed by atoms with E-state index in [9.17, 15) is 4.79 Å². The Kier molecular flexibility index (Phi) is 6.24. The monoisotopic (exact) mass is 431 g/mol. The first-order chi connectivity index (χ1) is 15.1. The molecule has 0 saturated carbocycles. The third-order valence-electron chi connectivity index (χ3n) is 4.49. The molecule has 4 aromatic rings. The number of rotatable bonds is 7. The molecule has 6 nitrogen and oxygen atoms in total. The quantitative estimate of drug-likeness (QED) is 0.305. The van der Waals surface area contributed by atoms with Crippen LogP contribution in [0.15, 0.2) is 72.2 Å². The van der Waals surface area contributed by atoms with Crippen molar-refractivity contribution in [2.45, 2.75) is 13.8 Å². The number of thiazole rings is 1. The van der Waals surface area contributed by atoms with E-state index in [4.69, 9.17) is 9.47 Å². The third-order valence-corrected chi connectivity index (χ3v) is 5.25. The maximum absolute atomic E-state index is 12.3. The number of carbonyl (C=O) groups excluding carboxylic acids is 1. The number of nitrogens with zero attached hydrogens (tertiary/aromatic N) is 2. The minimum absolute atomic E-state index is 0.163. The highest BCUT2D eigenvalue weighted by Crippen LogP contribution is 2.27. The number of pyridine rings is 1. The van der Waals surface area contributed by atoms with Crippen LogP contribution in [0.1, 0.15) is 11.1 Å². The van der Waals surface area contributed by atoms with Crippen molar-refractivity contribution in [3.05, 3.63) is 83.4 Å². The number of aryl methyl sites for hydroxylation is 2. The lowest BCUT2D eigenvalue weighted by atomic mass is 10.1. The van der Waals surface area contributed by atoms with Crippen molar-refractivity contribution in [1.29, 1.82) is 0 Å². The first-order valence-electron chi connectivity index (χ1n) is 9.72. The summed E-state index contributed by atoms with van der Waals surface area (Å²) in [4.78, 5) is 21.1. The average Bonchev–Trinajstić information content (AvgIpc) is 3.23. The van der Waals surface area contributed by atoms with Crippen LogP contribution in [-0.4, -0.2) is 22.5 Å². The summed E-state index contributed by atoms with van der Waals surface area (Å²) in [6.07, 6.45) is 1.74. The minimum atomic E-state index is -0.466. The van der Waals surface area contributed by atoms with Gasteiger partial charge in [-0.25, -0.2) is 9.78 Å². The molecule has 7 heteroatoms. The van der Waals surface area contributed by atoms with Crippen molar-refractivity contribution in [2.24, 2.45) is 0 Å². The van der Waals surface area contributed by atoms with Gasteiger partial charge in [-0.2, -0.15) is 0 Å². The zero-order chi connectivity index (χ0) is 21.6. The van der Waals surface area contributed by atoms with Crippen molar-refractivity contribution in [3.63, 3.8) is 0 Å². The predicted octanol–water partition coefficient (Wildman–Crippen LogP) is 5.55. The van der Waals surface area contributed by atoms with Crippen LogP contribution in [0.4, 0.5) is 10.8 Å². The van der Waals surface area contributed by atoms with Crippen LogP contribution >= 0.6 is 11.3 Å². The molecule has 1 N–H and O–H groups in total. The van der Waals surface area contributed by atoms with Crippen LogP contribution < -0.4 is 14.8 Å². The van der Waals surface area contributed by atoms with Gasteiger partial charge in [-0.05, 0) is 49.2 Å². The highest BCUT2D eigenvalue weighted by molar-refractivity contribution is 7.14. The molecular formula is C24H21N3O3S. The van der Waals surface area contributed by atoms with Crippen molar-refractivity contribution < 1.29 is 14.3 Å². The molecule has 0 radical (unpaired) electrons. The number of esters is 1. The van der Waals surface area contributed by atoms with Crippen LogP contribution in [-0.2, 0) is 4.79 Å². The van der Waals surface area contributed by atoms with Gasteiger partial charge in [0.05, 0.1) is 5.69 Å². The van der Waals surface area contributed by atoms with Gasteiger partial charge in [-0.15, -0.1) is 11.3 Å². The summed E-state index contributed by atoms with van der Waals surface area (Å²) in [6, 6.07) is 18.7. The van der Waals surface area contributed by atoms with Gasteiger partial charge in [0.2, 0.25) is 0 Å². The van der Waals surface area contributed by atoms with Gasteiger partial charge < -0.3 is 14.8 Å². The summed E-state index contributed by atoms with van der Waals surface area (Å²) >= 11 is 1.48. The van der Waals surface area contributed by atoms with E-state index in [2.05, 4.69) is 15.3 Å². The van der Waals surface area contributed by atoms with Crippen LogP contribution in [0.5, 0.6) is 11.5 Å². The highest BCUT2D eigenvalue weighted by Gasteiger charge is 2.11. The molecule has 0 bridgehead atoms. The number of anilines is 2. The molecule has 0 saturated heterocycles. The molecule has 0 aliphatic rings. The summed E-state index contributed by atoms with van der Waals surface area (Å²) in [5, 5.41) is 5.91. The van der Waals surface area contributed by atoms with Crippen LogP contribution in [0.25, 0.3) is 11.4 Å². The molecule has 0 atom stereocenters. The summed E-state index contributed by atoms with van der Waals surface area (Å²) in [6.45, 7) is 3.73. The molecule has 0 aliphatic heterocycles. The molecule has 156 valence electrons. The van der Waals surface area contributed by atoms with Gasteiger partial charge in [0, 0.05) is 23.3 Å². The molecule has 0 spiro atoms. The van der Waals surface area contributed by atoms with Crippen molar-refractivity contribution in [2.75, 3.05) is 11.9 Å². The summed E-state index contributed by atoms with van der Waals surface area (Å²) in [5.41, 5.74) is 4.35. The highest BCUT2D eigenvalue weighted by atomic mass is 32.1. The Morgan fingerprint density at radius 1 is 1.00 bits per heavy atom. The Labute approximate surface area is 184 Å². The zero-order valence-electron chi connectivity index (χ0n) is 17.2. The summed E-state index contributed by atoms with van der Waals surface area (Å²) in [5.74, 6) is 0.676. The van der Waals surface area contributed by atoms with E-state index in [1.54, 1.807) is 18.3 Å². The second-order valence-corrected chi connectivity index (χ2v) is 7.75. The van der Waals surface area contributed by atoms with E-state index < -0.39 is 5.97 Å².